The van der Waals surface area contributed by atoms with E-state index in [-0.39, 0.29) is 5.92 Å². The molecule has 2 atom stereocenters. The van der Waals surface area contributed by atoms with Crippen molar-refractivity contribution in [3.05, 3.63) is 36.4 Å². The summed E-state index contributed by atoms with van der Waals surface area (Å²) in [5.41, 5.74) is 8.11. The van der Waals surface area contributed by atoms with Gasteiger partial charge in [-0.1, -0.05) is 6.07 Å². The quantitative estimate of drug-likeness (QED) is 0.465. The maximum Gasteiger partial charge on any atom is 0.223 e. The molecule has 1 aliphatic carbocycles. The second-order valence-electron chi connectivity index (χ2n) is 9.78. The van der Waals surface area contributed by atoms with Crippen molar-refractivity contribution in [3.63, 3.8) is 0 Å². The van der Waals surface area contributed by atoms with Gasteiger partial charge in [-0.2, -0.15) is 9.61 Å². The molecule has 3 aromatic heterocycles. The zero-order valence-electron chi connectivity index (χ0n) is 19.6. The molecule has 0 bridgehead atoms. The predicted molar refractivity (Wildman–Crippen MR) is 129 cm³/mol. The third-order valence-electron chi connectivity index (χ3n) is 7.47. The number of piperidine rings is 1. The van der Waals surface area contributed by atoms with Crippen LogP contribution in [0.2, 0.25) is 0 Å². The Bertz CT molecular complexity index is 1360. The number of hydrogen-bond donors (Lipinski definition) is 2. The van der Waals surface area contributed by atoms with Crippen LogP contribution in [-0.2, 0) is 6.54 Å². The standard InChI is InChI=1S/C24H30N8O2/c1-15-7-8-16(12-31(15)17-11-26-30(13-17)14-24(33)9-4-10-24)21-28-22-18-5-3-6-19(34-2)20(18)27-23(25)32(22)29-21/h3,5-6,11,13,15-16,33H,4,7-10,12,14H2,1-2H3,(H2,25,27)/t15-,16-/m0/s1. The molecule has 1 aromatic carbocycles. The van der Waals surface area contributed by atoms with Crippen LogP contribution in [0.5, 0.6) is 5.75 Å². The number of hydrogen-bond acceptors (Lipinski definition) is 8. The number of rotatable bonds is 5. The number of methoxy groups -OCH3 is 1. The Labute approximate surface area is 197 Å². The molecule has 178 valence electrons. The van der Waals surface area contributed by atoms with E-state index in [9.17, 15) is 5.11 Å². The van der Waals surface area contributed by atoms with Gasteiger partial charge >= 0.3 is 0 Å². The topological polar surface area (TPSA) is 120 Å². The number of para-hydroxylation sites is 1. The van der Waals surface area contributed by atoms with Crippen LogP contribution in [0.3, 0.4) is 0 Å². The zero-order chi connectivity index (χ0) is 23.4. The van der Waals surface area contributed by atoms with E-state index < -0.39 is 5.60 Å². The number of aliphatic hydroxyl groups is 1. The van der Waals surface area contributed by atoms with Gasteiger partial charge < -0.3 is 20.5 Å². The van der Waals surface area contributed by atoms with Crippen molar-refractivity contribution >= 4 is 28.2 Å². The van der Waals surface area contributed by atoms with Crippen LogP contribution in [0, 0.1) is 0 Å². The highest BCUT2D eigenvalue weighted by Crippen LogP contribution is 2.35. The molecular weight excluding hydrogens is 432 g/mol. The molecule has 34 heavy (non-hydrogen) atoms. The normalized spacial score (nSPS) is 22.3. The van der Waals surface area contributed by atoms with Crippen molar-refractivity contribution in [2.24, 2.45) is 0 Å². The Kier molecular flexibility index (Phi) is 4.87. The van der Waals surface area contributed by atoms with Crippen molar-refractivity contribution in [1.82, 2.24) is 29.4 Å². The Morgan fingerprint density at radius 3 is 2.85 bits per heavy atom. The summed E-state index contributed by atoms with van der Waals surface area (Å²) in [5, 5.41) is 20.7. The van der Waals surface area contributed by atoms with E-state index in [0.29, 0.717) is 35.4 Å². The highest BCUT2D eigenvalue weighted by molar-refractivity contribution is 5.95. The Hall–Kier alpha value is -3.40. The smallest absolute Gasteiger partial charge is 0.223 e. The molecule has 1 saturated heterocycles. The van der Waals surface area contributed by atoms with E-state index in [0.717, 1.165) is 55.5 Å². The second kappa shape index (κ2) is 7.83. The molecule has 4 heterocycles. The summed E-state index contributed by atoms with van der Waals surface area (Å²) >= 11 is 0. The van der Waals surface area contributed by atoms with Crippen LogP contribution in [0.25, 0.3) is 16.6 Å². The van der Waals surface area contributed by atoms with Crippen LogP contribution in [0.15, 0.2) is 30.6 Å². The second-order valence-corrected chi connectivity index (χ2v) is 9.78. The molecule has 4 aromatic rings. The van der Waals surface area contributed by atoms with Gasteiger partial charge in [-0.3, -0.25) is 4.68 Å². The van der Waals surface area contributed by atoms with Gasteiger partial charge in [0.15, 0.2) is 11.5 Å². The molecule has 1 aliphatic heterocycles. The average molecular weight is 463 g/mol. The summed E-state index contributed by atoms with van der Waals surface area (Å²) in [6.45, 7) is 3.59. The van der Waals surface area contributed by atoms with Gasteiger partial charge in [0.25, 0.3) is 0 Å². The van der Waals surface area contributed by atoms with E-state index in [4.69, 9.17) is 20.6 Å². The summed E-state index contributed by atoms with van der Waals surface area (Å²) in [6, 6.07) is 6.15. The molecule has 6 rings (SSSR count). The zero-order valence-corrected chi connectivity index (χ0v) is 19.6. The largest absolute Gasteiger partial charge is 0.494 e. The molecule has 0 unspecified atom stereocenters. The van der Waals surface area contributed by atoms with Gasteiger partial charge in [0.05, 0.1) is 31.1 Å². The monoisotopic (exact) mass is 462 g/mol. The third kappa shape index (κ3) is 3.44. The maximum absolute atomic E-state index is 10.5. The van der Waals surface area contributed by atoms with E-state index in [1.165, 1.54) is 0 Å². The summed E-state index contributed by atoms with van der Waals surface area (Å²) in [4.78, 5) is 11.8. The minimum Gasteiger partial charge on any atom is -0.494 e. The fourth-order valence-corrected chi connectivity index (χ4v) is 5.29. The van der Waals surface area contributed by atoms with Gasteiger partial charge in [-0.15, -0.1) is 5.10 Å². The van der Waals surface area contributed by atoms with E-state index in [1.807, 2.05) is 35.3 Å². The fourth-order valence-electron chi connectivity index (χ4n) is 5.29. The van der Waals surface area contributed by atoms with Gasteiger partial charge in [0.1, 0.15) is 11.3 Å². The molecule has 0 radical (unpaired) electrons. The van der Waals surface area contributed by atoms with Gasteiger partial charge in [-0.05, 0) is 51.2 Å². The van der Waals surface area contributed by atoms with Gasteiger partial charge in [0.2, 0.25) is 5.95 Å². The maximum atomic E-state index is 10.5. The predicted octanol–water partition coefficient (Wildman–Crippen LogP) is 2.75. The minimum absolute atomic E-state index is 0.162. The average Bonchev–Trinajstić information content (AvgIpc) is 3.46. The number of benzene rings is 1. The first-order chi connectivity index (χ1) is 16.4. The first-order valence-electron chi connectivity index (χ1n) is 11.9. The number of ether oxygens (including phenoxy) is 1. The molecule has 1 saturated carbocycles. The van der Waals surface area contributed by atoms with Crippen molar-refractivity contribution in [2.45, 2.75) is 63.1 Å². The first-order valence-corrected chi connectivity index (χ1v) is 11.9. The lowest BCUT2D eigenvalue weighted by Gasteiger charge is -2.38. The lowest BCUT2D eigenvalue weighted by atomic mass is 9.80. The molecule has 2 fully saturated rings. The van der Waals surface area contributed by atoms with E-state index in [2.05, 4.69) is 21.9 Å². The van der Waals surface area contributed by atoms with Crippen LogP contribution >= 0.6 is 0 Å². The van der Waals surface area contributed by atoms with Crippen LogP contribution < -0.4 is 15.4 Å². The number of nitrogen functional groups attached to an aromatic ring is 1. The number of anilines is 2. The summed E-state index contributed by atoms with van der Waals surface area (Å²) in [7, 11) is 1.62. The van der Waals surface area contributed by atoms with Crippen molar-refractivity contribution < 1.29 is 9.84 Å². The highest BCUT2D eigenvalue weighted by Gasteiger charge is 2.35. The SMILES string of the molecule is COc1cccc2c1nc(N)n1nc([C@H]3CC[C@H](C)N(c4cnn(CC5(O)CCC5)c4)C3)nc21. The molecule has 2 aliphatic rings. The highest BCUT2D eigenvalue weighted by atomic mass is 16.5. The molecule has 0 amide bonds. The first kappa shape index (κ1) is 21.2. The lowest BCUT2D eigenvalue weighted by molar-refractivity contribution is -0.0498. The Balaban J connectivity index is 1.30. The number of nitrogens with two attached hydrogens (primary N) is 1. The minimum atomic E-state index is -0.598. The summed E-state index contributed by atoms with van der Waals surface area (Å²) < 4.78 is 8.98. The van der Waals surface area contributed by atoms with Crippen molar-refractivity contribution in [2.75, 3.05) is 24.3 Å². The molecule has 3 N–H and O–H groups in total. The third-order valence-corrected chi connectivity index (χ3v) is 7.47. The van der Waals surface area contributed by atoms with Crippen LogP contribution in [0.1, 0.15) is 50.8 Å². The summed E-state index contributed by atoms with van der Waals surface area (Å²) in [5.74, 6) is 1.90. The molecule has 10 nitrogen and oxygen atoms in total. The number of nitrogens with zero attached hydrogens (tertiary/aromatic N) is 7. The van der Waals surface area contributed by atoms with Crippen LogP contribution in [-0.4, -0.2) is 59.8 Å². The molecule has 10 heteroatoms. The van der Waals surface area contributed by atoms with Crippen LogP contribution in [0.4, 0.5) is 11.6 Å². The van der Waals surface area contributed by atoms with E-state index >= 15 is 0 Å². The lowest BCUT2D eigenvalue weighted by Crippen LogP contribution is -2.42. The van der Waals surface area contributed by atoms with Gasteiger partial charge in [0, 0.05) is 30.1 Å². The number of aromatic nitrogens is 6. The number of fused-ring (bicyclic) bond motifs is 3. The van der Waals surface area contributed by atoms with E-state index in [1.54, 1.807) is 11.6 Å². The Morgan fingerprint density at radius 1 is 1.24 bits per heavy atom. The summed E-state index contributed by atoms with van der Waals surface area (Å²) in [6.07, 6.45) is 8.76. The Morgan fingerprint density at radius 2 is 2.09 bits per heavy atom. The fraction of sp³-hybridized carbons (Fsp3) is 0.500. The molecule has 0 spiro atoms. The van der Waals surface area contributed by atoms with Gasteiger partial charge in [-0.25, -0.2) is 9.97 Å². The van der Waals surface area contributed by atoms with Crippen molar-refractivity contribution in [3.8, 4) is 5.75 Å². The van der Waals surface area contributed by atoms with Crippen molar-refractivity contribution in [1.29, 1.82) is 0 Å². The molecular formula is C24H30N8O2.